The minimum atomic E-state index is -0.0490. The van der Waals surface area contributed by atoms with Crippen molar-refractivity contribution in [2.75, 3.05) is 4.90 Å². The zero-order valence-corrected chi connectivity index (χ0v) is 27.6. The Hall–Kier alpha value is -6.12. The van der Waals surface area contributed by atoms with Crippen molar-refractivity contribution in [3.05, 3.63) is 187 Å². The highest BCUT2D eigenvalue weighted by atomic mass is 16.3. The van der Waals surface area contributed by atoms with Gasteiger partial charge in [-0.05, 0) is 105 Å². The van der Waals surface area contributed by atoms with Crippen molar-refractivity contribution in [1.29, 1.82) is 0 Å². The quantitative estimate of drug-likeness (QED) is 0.182. The molecule has 234 valence electrons. The lowest BCUT2D eigenvalue weighted by atomic mass is 9.78. The van der Waals surface area contributed by atoms with E-state index in [1.54, 1.807) is 0 Å². The van der Waals surface area contributed by atoms with Crippen molar-refractivity contribution < 1.29 is 4.42 Å². The van der Waals surface area contributed by atoms with Gasteiger partial charge in [-0.3, -0.25) is 0 Å². The van der Waals surface area contributed by atoms with Crippen LogP contribution in [0.4, 0.5) is 17.1 Å². The number of anilines is 3. The van der Waals surface area contributed by atoms with Crippen LogP contribution in [0.25, 0.3) is 55.8 Å². The van der Waals surface area contributed by atoms with Crippen LogP contribution in [0.5, 0.6) is 0 Å². The molecule has 9 rings (SSSR count). The number of hydrogen-bond acceptors (Lipinski definition) is 2. The molecule has 0 unspecified atom stereocenters. The number of hydrogen-bond donors (Lipinski definition) is 0. The fourth-order valence-corrected chi connectivity index (χ4v) is 7.50. The summed E-state index contributed by atoms with van der Waals surface area (Å²) in [7, 11) is 0. The van der Waals surface area contributed by atoms with Crippen LogP contribution < -0.4 is 4.90 Å². The van der Waals surface area contributed by atoms with Gasteiger partial charge in [0.1, 0.15) is 11.2 Å². The highest BCUT2D eigenvalue weighted by Gasteiger charge is 2.33. The average Bonchev–Trinajstić information content (AvgIpc) is 3.66. The fourth-order valence-electron chi connectivity index (χ4n) is 7.50. The largest absolute Gasteiger partial charge is 0.456 e. The lowest BCUT2D eigenvalue weighted by Crippen LogP contribution is -2.16. The highest BCUT2D eigenvalue weighted by molar-refractivity contribution is 6.06. The Labute approximate surface area is 287 Å². The third-order valence-electron chi connectivity index (χ3n) is 10.1. The van der Waals surface area contributed by atoms with E-state index in [0.717, 1.165) is 39.0 Å². The van der Waals surface area contributed by atoms with Gasteiger partial charge in [-0.15, -0.1) is 0 Å². The Balaban J connectivity index is 1.09. The second kappa shape index (κ2) is 11.5. The summed E-state index contributed by atoms with van der Waals surface area (Å²) in [5.74, 6) is 0. The lowest BCUT2D eigenvalue weighted by molar-refractivity contribution is 0.669. The van der Waals surface area contributed by atoms with Crippen molar-refractivity contribution in [3.63, 3.8) is 0 Å². The topological polar surface area (TPSA) is 16.4 Å². The maximum atomic E-state index is 6.09. The molecule has 0 bridgehead atoms. The van der Waals surface area contributed by atoms with Gasteiger partial charge >= 0.3 is 0 Å². The van der Waals surface area contributed by atoms with Crippen molar-refractivity contribution in [3.8, 4) is 22.3 Å². The van der Waals surface area contributed by atoms with E-state index >= 15 is 0 Å². The van der Waals surface area contributed by atoms with Gasteiger partial charge < -0.3 is 9.32 Å². The van der Waals surface area contributed by atoms with E-state index in [1.165, 1.54) is 44.5 Å². The van der Waals surface area contributed by atoms with Crippen molar-refractivity contribution >= 4 is 50.6 Å². The number of furan rings is 1. The van der Waals surface area contributed by atoms with Gasteiger partial charge in [0, 0.05) is 33.2 Å². The molecule has 0 saturated heterocycles. The van der Waals surface area contributed by atoms with Gasteiger partial charge in [0.05, 0.1) is 0 Å². The lowest BCUT2D eigenvalue weighted by Gasteiger charge is -2.28. The predicted molar refractivity (Wildman–Crippen MR) is 207 cm³/mol. The third kappa shape index (κ3) is 5.05. The number of nitrogens with zero attached hydrogens (tertiary/aromatic N) is 1. The molecule has 1 heterocycles. The van der Waals surface area contributed by atoms with Crippen LogP contribution in [-0.2, 0) is 5.41 Å². The summed E-state index contributed by atoms with van der Waals surface area (Å²) in [6.07, 6.45) is 2.35. The van der Waals surface area contributed by atoms with Crippen LogP contribution in [0, 0.1) is 0 Å². The van der Waals surface area contributed by atoms with E-state index in [1.807, 2.05) is 12.1 Å². The Bertz CT molecular complexity index is 2480. The van der Waals surface area contributed by atoms with Gasteiger partial charge in [-0.25, -0.2) is 0 Å². The Kier molecular flexibility index (Phi) is 6.84. The van der Waals surface area contributed by atoms with Crippen LogP contribution >= 0.6 is 0 Å². The van der Waals surface area contributed by atoms with Crippen molar-refractivity contribution in [2.24, 2.45) is 0 Å². The van der Waals surface area contributed by atoms with Gasteiger partial charge in [-0.1, -0.05) is 129 Å². The maximum Gasteiger partial charge on any atom is 0.135 e. The summed E-state index contributed by atoms with van der Waals surface area (Å²) in [5, 5.41) is 2.28. The summed E-state index contributed by atoms with van der Waals surface area (Å²) < 4.78 is 6.09. The maximum absolute atomic E-state index is 6.09. The van der Waals surface area contributed by atoms with Crippen LogP contribution in [0.15, 0.2) is 174 Å². The van der Waals surface area contributed by atoms with E-state index in [0.29, 0.717) is 0 Å². The molecule has 0 radical (unpaired) electrons. The van der Waals surface area contributed by atoms with E-state index in [2.05, 4.69) is 183 Å². The molecular formula is C47H35NO. The number of rotatable bonds is 6. The zero-order valence-electron chi connectivity index (χ0n) is 27.6. The molecule has 1 aliphatic rings. The van der Waals surface area contributed by atoms with Gasteiger partial charge in [-0.2, -0.15) is 0 Å². The number of para-hydroxylation sites is 1. The fraction of sp³-hybridized carbons (Fsp3) is 0.0638. The second-order valence-corrected chi connectivity index (χ2v) is 13.4. The zero-order chi connectivity index (χ0) is 33.0. The van der Waals surface area contributed by atoms with Crippen LogP contribution in [0.2, 0.25) is 0 Å². The minimum Gasteiger partial charge on any atom is -0.456 e. The Morgan fingerprint density at radius 3 is 1.61 bits per heavy atom. The van der Waals surface area contributed by atoms with E-state index in [9.17, 15) is 0 Å². The normalized spacial score (nSPS) is 13.4. The average molecular weight is 630 g/mol. The summed E-state index contributed by atoms with van der Waals surface area (Å²) in [6.45, 7) is 4.65. The first-order chi connectivity index (χ1) is 24.0. The molecule has 1 aromatic heterocycles. The standard InChI is InChI=1S/C47H35NO/c1-47(2)43-14-8-6-12-37(43)31-44(47)35-20-27-40(28-21-35)48(38-23-16-33(17-24-38)32-10-4-3-5-11-32)39-25-18-34(19-26-39)36-22-29-46-42(30-36)41-13-7-9-15-45(41)49-46/h3-31H,1-2H3. The van der Waals surface area contributed by atoms with E-state index in [-0.39, 0.29) is 5.41 Å². The van der Waals surface area contributed by atoms with Crippen molar-refractivity contribution in [1.82, 2.24) is 0 Å². The van der Waals surface area contributed by atoms with Gasteiger partial charge in [0.2, 0.25) is 0 Å². The highest BCUT2D eigenvalue weighted by Crippen LogP contribution is 2.47. The minimum absolute atomic E-state index is 0.0490. The molecule has 2 nitrogen and oxygen atoms in total. The van der Waals surface area contributed by atoms with Crippen molar-refractivity contribution in [2.45, 2.75) is 19.3 Å². The first kappa shape index (κ1) is 29.1. The number of benzene rings is 7. The van der Waals surface area contributed by atoms with Crippen LogP contribution in [0.1, 0.15) is 30.5 Å². The predicted octanol–water partition coefficient (Wildman–Crippen LogP) is 13.2. The SMILES string of the molecule is CC1(C)C(c2ccc(N(c3ccc(-c4ccccc4)cc3)c3ccc(-c4ccc5oc6ccccc6c5c4)cc3)cc2)=Cc2ccccc21. The summed E-state index contributed by atoms with van der Waals surface area (Å²) >= 11 is 0. The van der Waals surface area contributed by atoms with Crippen LogP contribution in [-0.4, -0.2) is 0 Å². The molecule has 1 aliphatic carbocycles. The molecular weight excluding hydrogens is 595 g/mol. The second-order valence-electron chi connectivity index (χ2n) is 13.4. The van der Waals surface area contributed by atoms with E-state index < -0.39 is 0 Å². The van der Waals surface area contributed by atoms with Crippen LogP contribution in [0.3, 0.4) is 0 Å². The molecule has 8 aromatic rings. The van der Waals surface area contributed by atoms with Gasteiger partial charge in [0.15, 0.2) is 0 Å². The third-order valence-corrected chi connectivity index (χ3v) is 10.1. The Morgan fingerprint density at radius 2 is 0.939 bits per heavy atom. The number of fused-ring (bicyclic) bond motifs is 4. The first-order valence-electron chi connectivity index (χ1n) is 16.9. The summed E-state index contributed by atoms with van der Waals surface area (Å²) in [4.78, 5) is 2.35. The van der Waals surface area contributed by atoms with E-state index in [4.69, 9.17) is 4.42 Å². The first-order valence-corrected chi connectivity index (χ1v) is 16.9. The molecule has 0 amide bonds. The molecule has 49 heavy (non-hydrogen) atoms. The molecule has 2 heteroatoms. The molecule has 0 atom stereocenters. The smallest absolute Gasteiger partial charge is 0.135 e. The molecule has 0 fully saturated rings. The molecule has 0 N–H and O–H groups in total. The molecule has 0 aliphatic heterocycles. The molecule has 0 spiro atoms. The monoisotopic (exact) mass is 629 g/mol. The van der Waals surface area contributed by atoms with Gasteiger partial charge in [0.25, 0.3) is 0 Å². The Morgan fingerprint density at radius 1 is 0.429 bits per heavy atom. The summed E-state index contributed by atoms with van der Waals surface area (Å²) in [6, 6.07) is 60.9. The molecule has 7 aromatic carbocycles. The molecule has 0 saturated carbocycles. The summed E-state index contributed by atoms with van der Waals surface area (Å²) in [5.41, 5.74) is 15.2. The number of allylic oxidation sites excluding steroid dienone is 1.